The van der Waals surface area contributed by atoms with Gasteiger partial charge in [0.1, 0.15) is 0 Å². The van der Waals surface area contributed by atoms with Gasteiger partial charge in [-0.05, 0) is 13.8 Å². The van der Waals surface area contributed by atoms with Crippen LogP contribution in [0.25, 0.3) is 0 Å². The molecule has 7 nitrogen and oxygen atoms in total. The van der Waals surface area contributed by atoms with E-state index in [4.69, 9.17) is 11.5 Å². The largest absolute Gasteiger partial charge is 0.370 e. The smallest absolute Gasteiger partial charge is 0.239 e. The minimum Gasteiger partial charge on any atom is -0.370 e. The molecule has 0 aliphatic carbocycles. The fourth-order valence-electron chi connectivity index (χ4n) is 0.981. The quantitative estimate of drug-likeness (QED) is 0.414. The van der Waals surface area contributed by atoms with Crippen LogP contribution >= 0.6 is 0 Å². The predicted molar refractivity (Wildman–Crippen MR) is 58.1 cm³/mol. The maximum atomic E-state index is 11.2. The van der Waals surface area contributed by atoms with Crippen molar-refractivity contribution in [2.24, 2.45) is 11.5 Å². The lowest BCUT2D eigenvalue weighted by Gasteiger charge is -2.12. The lowest BCUT2D eigenvalue weighted by molar-refractivity contribution is -0.128. The summed E-state index contributed by atoms with van der Waals surface area (Å²) in [5.74, 6) is -1.54. The third kappa shape index (κ3) is 6.77. The summed E-state index contributed by atoms with van der Waals surface area (Å²) in [5.41, 5.74) is 10.2. The molecule has 1 unspecified atom stereocenters. The van der Waals surface area contributed by atoms with E-state index < -0.39 is 17.9 Å². The number of nitrogens with two attached hydrogens (primary N) is 2. The summed E-state index contributed by atoms with van der Waals surface area (Å²) >= 11 is 0. The first-order chi connectivity index (χ1) is 7.32. The van der Waals surface area contributed by atoms with Gasteiger partial charge in [-0.15, -0.1) is 0 Å². The van der Waals surface area contributed by atoms with Crippen molar-refractivity contribution in [3.63, 3.8) is 0 Å². The highest BCUT2D eigenvalue weighted by atomic mass is 16.2. The molecule has 0 fully saturated rings. The molecule has 0 aromatic carbocycles. The Morgan fingerprint density at radius 2 is 1.81 bits per heavy atom. The summed E-state index contributed by atoms with van der Waals surface area (Å²) in [6.07, 6.45) is -0.238. The van der Waals surface area contributed by atoms with E-state index in [9.17, 15) is 14.4 Å². The Morgan fingerprint density at radius 1 is 1.25 bits per heavy atom. The molecule has 3 amide bonds. The number of nitrogens with one attached hydrogen (secondary N) is 2. The minimum atomic E-state index is -1.01. The van der Waals surface area contributed by atoms with Crippen molar-refractivity contribution in [1.82, 2.24) is 10.6 Å². The molecule has 0 rings (SSSR count). The van der Waals surface area contributed by atoms with E-state index in [-0.39, 0.29) is 24.9 Å². The van der Waals surface area contributed by atoms with Crippen LogP contribution in [-0.2, 0) is 14.4 Å². The Balaban J connectivity index is 3.88. The molecule has 6 N–H and O–H groups in total. The highest BCUT2D eigenvalue weighted by Crippen LogP contribution is 1.86. The number of carbonyl (C=O) groups is 3. The van der Waals surface area contributed by atoms with Gasteiger partial charge >= 0.3 is 0 Å². The third-order valence-electron chi connectivity index (χ3n) is 1.63. The fraction of sp³-hybridized carbons (Fsp3) is 0.667. The van der Waals surface area contributed by atoms with Crippen LogP contribution in [0.15, 0.2) is 0 Å². The fourth-order valence-corrected chi connectivity index (χ4v) is 0.981. The molecule has 0 heterocycles. The van der Waals surface area contributed by atoms with E-state index in [2.05, 4.69) is 10.6 Å². The lowest BCUT2D eigenvalue weighted by Crippen LogP contribution is -2.47. The van der Waals surface area contributed by atoms with Crippen LogP contribution in [0, 0.1) is 0 Å². The van der Waals surface area contributed by atoms with Gasteiger partial charge in [-0.3, -0.25) is 14.4 Å². The Bertz CT molecular complexity index is 278. The third-order valence-corrected chi connectivity index (χ3v) is 1.63. The summed E-state index contributed by atoms with van der Waals surface area (Å²) in [6, 6.07) is -1.01. The van der Waals surface area contributed by atoms with Crippen LogP contribution in [0.4, 0.5) is 0 Å². The van der Waals surface area contributed by atoms with E-state index in [1.54, 1.807) is 13.8 Å². The number of hydrogen-bond acceptors (Lipinski definition) is 4. The minimum absolute atomic E-state index is 0.00342. The second kappa shape index (κ2) is 6.78. The number of amides is 3. The summed E-state index contributed by atoms with van der Waals surface area (Å²) in [6.45, 7) is 3.45. The molecule has 0 aromatic heterocycles. The van der Waals surface area contributed by atoms with Gasteiger partial charge in [-0.25, -0.2) is 0 Å². The van der Waals surface area contributed by atoms with Crippen molar-refractivity contribution in [3.05, 3.63) is 0 Å². The zero-order valence-corrected chi connectivity index (χ0v) is 9.45. The number of primary amides is 1. The number of carbonyl (C=O) groups excluding carboxylic acids is 3. The van der Waals surface area contributed by atoms with Gasteiger partial charge in [-0.2, -0.15) is 0 Å². The second-order valence-electron chi connectivity index (χ2n) is 3.72. The monoisotopic (exact) mass is 230 g/mol. The average molecular weight is 230 g/mol. The van der Waals surface area contributed by atoms with Crippen LogP contribution in [0.5, 0.6) is 0 Å². The molecule has 0 aromatic rings. The lowest BCUT2D eigenvalue weighted by atomic mass is 10.2. The maximum Gasteiger partial charge on any atom is 0.239 e. The molecule has 0 saturated carbocycles. The first-order valence-corrected chi connectivity index (χ1v) is 4.94. The van der Waals surface area contributed by atoms with Gasteiger partial charge in [0.2, 0.25) is 17.7 Å². The molecule has 0 aliphatic rings. The molecule has 0 bridgehead atoms. The average Bonchev–Trinajstić information content (AvgIpc) is 2.11. The van der Waals surface area contributed by atoms with E-state index in [1.807, 2.05) is 0 Å². The maximum absolute atomic E-state index is 11.2. The summed E-state index contributed by atoms with van der Waals surface area (Å²) in [5, 5.41) is 4.90. The molecule has 0 aliphatic heterocycles. The highest BCUT2D eigenvalue weighted by Gasteiger charge is 2.16. The molecule has 0 radical (unpaired) electrons. The van der Waals surface area contributed by atoms with E-state index in [0.717, 1.165) is 0 Å². The van der Waals surface area contributed by atoms with Crippen molar-refractivity contribution in [3.8, 4) is 0 Å². The van der Waals surface area contributed by atoms with Gasteiger partial charge in [-0.1, -0.05) is 0 Å². The zero-order chi connectivity index (χ0) is 12.7. The molecule has 7 heteroatoms. The van der Waals surface area contributed by atoms with Crippen molar-refractivity contribution in [1.29, 1.82) is 0 Å². The molecule has 16 heavy (non-hydrogen) atoms. The SMILES string of the molecule is CC(C)NC(=O)CNC(=O)C(N)CC(N)=O. The normalized spacial score (nSPS) is 12.0. The topological polar surface area (TPSA) is 127 Å². The number of rotatable bonds is 6. The second-order valence-corrected chi connectivity index (χ2v) is 3.72. The van der Waals surface area contributed by atoms with E-state index in [1.165, 1.54) is 0 Å². The Kier molecular flexibility index (Phi) is 6.09. The van der Waals surface area contributed by atoms with Crippen LogP contribution < -0.4 is 22.1 Å². The summed E-state index contributed by atoms with van der Waals surface area (Å²) in [7, 11) is 0. The summed E-state index contributed by atoms with van der Waals surface area (Å²) in [4.78, 5) is 32.9. The van der Waals surface area contributed by atoms with Gasteiger partial charge < -0.3 is 22.1 Å². The van der Waals surface area contributed by atoms with E-state index in [0.29, 0.717) is 0 Å². The van der Waals surface area contributed by atoms with E-state index >= 15 is 0 Å². The molecule has 92 valence electrons. The van der Waals surface area contributed by atoms with Crippen molar-refractivity contribution in [2.75, 3.05) is 6.54 Å². The molecule has 1 atom stereocenters. The first kappa shape index (κ1) is 14.4. The van der Waals surface area contributed by atoms with Gasteiger partial charge in [0.15, 0.2) is 0 Å². The van der Waals surface area contributed by atoms with Crippen LogP contribution in [0.3, 0.4) is 0 Å². The Hall–Kier alpha value is -1.63. The number of hydrogen-bond donors (Lipinski definition) is 4. The molecule has 0 spiro atoms. The standard InChI is InChI=1S/C9H18N4O3/c1-5(2)13-8(15)4-12-9(16)6(10)3-7(11)14/h5-6H,3-4,10H2,1-2H3,(H2,11,14)(H,12,16)(H,13,15). The van der Waals surface area contributed by atoms with Gasteiger partial charge in [0.05, 0.1) is 19.0 Å². The zero-order valence-electron chi connectivity index (χ0n) is 9.45. The highest BCUT2D eigenvalue weighted by molar-refractivity contribution is 5.90. The summed E-state index contributed by atoms with van der Waals surface area (Å²) < 4.78 is 0. The van der Waals surface area contributed by atoms with Crippen molar-refractivity contribution < 1.29 is 14.4 Å². The Labute approximate surface area is 93.9 Å². The van der Waals surface area contributed by atoms with Crippen molar-refractivity contribution >= 4 is 17.7 Å². The van der Waals surface area contributed by atoms with Crippen LogP contribution in [0.2, 0.25) is 0 Å². The molecule has 0 saturated heterocycles. The van der Waals surface area contributed by atoms with Crippen LogP contribution in [0.1, 0.15) is 20.3 Å². The van der Waals surface area contributed by atoms with Crippen LogP contribution in [-0.4, -0.2) is 36.3 Å². The Morgan fingerprint density at radius 3 is 2.25 bits per heavy atom. The van der Waals surface area contributed by atoms with Gasteiger partial charge in [0.25, 0.3) is 0 Å². The molecular weight excluding hydrogens is 212 g/mol. The predicted octanol–water partition coefficient (Wildman–Crippen LogP) is -2.17. The first-order valence-electron chi connectivity index (χ1n) is 4.94. The van der Waals surface area contributed by atoms with Gasteiger partial charge in [0, 0.05) is 6.04 Å². The molecular formula is C9H18N4O3. The van der Waals surface area contributed by atoms with Crippen molar-refractivity contribution in [2.45, 2.75) is 32.4 Å².